The van der Waals surface area contributed by atoms with Crippen molar-refractivity contribution in [2.24, 2.45) is 0 Å². The molecule has 0 aliphatic rings. The molecule has 0 spiro atoms. The second-order valence-electron chi connectivity index (χ2n) is 3.93. The Balaban J connectivity index is 2.19. The summed E-state index contributed by atoms with van der Waals surface area (Å²) >= 11 is 0. The number of hydrogen-bond acceptors (Lipinski definition) is 3. The molecule has 0 aliphatic heterocycles. The van der Waals surface area contributed by atoms with E-state index in [2.05, 4.69) is 0 Å². The lowest BCUT2D eigenvalue weighted by Gasteiger charge is -2.13. The Labute approximate surface area is 106 Å². The molecule has 0 aliphatic carbocycles. The van der Waals surface area contributed by atoms with Crippen molar-refractivity contribution in [1.29, 1.82) is 0 Å². The minimum atomic E-state index is -3.12. The minimum Gasteiger partial charge on any atom is -0.405 e. The Kier molecular flexibility index (Phi) is 3.63. The first-order chi connectivity index (χ1) is 8.59. The van der Waals surface area contributed by atoms with Crippen LogP contribution in [0, 0.1) is 0 Å². The summed E-state index contributed by atoms with van der Waals surface area (Å²) in [7, 11) is -3.12. The van der Waals surface area contributed by atoms with E-state index in [-0.39, 0.29) is 0 Å². The van der Waals surface area contributed by atoms with Gasteiger partial charge in [0.15, 0.2) is 0 Å². The fourth-order valence-electron chi connectivity index (χ4n) is 1.54. The summed E-state index contributed by atoms with van der Waals surface area (Å²) in [6, 6.07) is 17.3. The maximum absolute atomic E-state index is 12.4. The first-order valence-corrected chi connectivity index (χ1v) is 7.59. The zero-order chi connectivity index (χ0) is 13.0. The van der Waals surface area contributed by atoms with Crippen LogP contribution in [0.15, 0.2) is 60.7 Å². The third kappa shape index (κ3) is 2.88. The normalized spacial score (nSPS) is 13.6. The molecular weight excluding hydrogens is 247 g/mol. The van der Waals surface area contributed by atoms with Crippen molar-refractivity contribution in [2.45, 2.75) is 0 Å². The van der Waals surface area contributed by atoms with E-state index in [0.29, 0.717) is 10.9 Å². The number of hydrogen-bond donors (Lipinski definition) is 0. The van der Waals surface area contributed by atoms with Crippen molar-refractivity contribution in [1.82, 2.24) is 0 Å². The molecule has 3 nitrogen and oxygen atoms in total. The van der Waals surface area contributed by atoms with Gasteiger partial charge in [0, 0.05) is 12.0 Å². The molecule has 0 N–H and O–H groups in total. The molecule has 0 amide bonds. The van der Waals surface area contributed by atoms with Crippen LogP contribution in [-0.2, 0) is 9.09 Å². The van der Waals surface area contributed by atoms with E-state index in [9.17, 15) is 9.36 Å². The average Bonchev–Trinajstić information content (AvgIpc) is 2.40. The van der Waals surface area contributed by atoms with Gasteiger partial charge in [-0.15, -0.1) is 0 Å². The van der Waals surface area contributed by atoms with E-state index in [1.54, 1.807) is 54.6 Å². The zero-order valence-corrected chi connectivity index (χ0v) is 10.8. The van der Waals surface area contributed by atoms with Crippen molar-refractivity contribution in [3.05, 3.63) is 66.2 Å². The van der Waals surface area contributed by atoms with Crippen molar-refractivity contribution in [2.75, 3.05) is 6.66 Å². The molecule has 2 aromatic rings. The van der Waals surface area contributed by atoms with Crippen molar-refractivity contribution < 1.29 is 13.9 Å². The highest BCUT2D eigenvalue weighted by Crippen LogP contribution is 2.41. The maximum atomic E-state index is 12.4. The van der Waals surface area contributed by atoms with Crippen LogP contribution in [0.2, 0.25) is 0 Å². The molecule has 4 heteroatoms. The van der Waals surface area contributed by atoms with Gasteiger partial charge < -0.3 is 4.52 Å². The molecule has 1 atom stereocenters. The summed E-state index contributed by atoms with van der Waals surface area (Å²) in [5, 5.41) is 0.536. The van der Waals surface area contributed by atoms with Gasteiger partial charge in [-0.1, -0.05) is 36.4 Å². The topological polar surface area (TPSA) is 43.4 Å². The largest absolute Gasteiger partial charge is 0.405 e. The van der Waals surface area contributed by atoms with E-state index in [1.165, 1.54) is 6.66 Å². The summed E-state index contributed by atoms with van der Waals surface area (Å²) in [5.74, 6) is -0.565. The molecule has 0 saturated carbocycles. The molecule has 2 aromatic carbocycles. The van der Waals surface area contributed by atoms with Crippen LogP contribution < -0.4 is 5.30 Å². The second kappa shape index (κ2) is 5.19. The number of benzene rings is 2. The molecule has 0 radical (unpaired) electrons. The van der Waals surface area contributed by atoms with Crippen molar-refractivity contribution >= 4 is 18.6 Å². The summed E-state index contributed by atoms with van der Waals surface area (Å²) in [5.41, 5.74) is 0.399. The fraction of sp³-hybridized carbons (Fsp3) is 0.0714. The third-order valence-corrected chi connectivity index (χ3v) is 4.24. The predicted octanol–water partition coefficient (Wildman–Crippen LogP) is 3.08. The van der Waals surface area contributed by atoms with Crippen LogP contribution in [0.25, 0.3) is 0 Å². The SMILES string of the molecule is CP(=O)(OC(=O)c1ccccc1)c1ccccc1. The van der Waals surface area contributed by atoms with E-state index >= 15 is 0 Å². The van der Waals surface area contributed by atoms with Gasteiger partial charge in [-0.2, -0.15) is 0 Å². The predicted molar refractivity (Wildman–Crippen MR) is 71.5 cm³/mol. The van der Waals surface area contributed by atoms with Gasteiger partial charge in [0.2, 0.25) is 0 Å². The van der Waals surface area contributed by atoms with Gasteiger partial charge in [0.05, 0.1) is 5.56 Å². The molecule has 0 saturated heterocycles. The number of rotatable bonds is 3. The van der Waals surface area contributed by atoms with Crippen molar-refractivity contribution in [3.63, 3.8) is 0 Å². The van der Waals surface area contributed by atoms with Gasteiger partial charge in [-0.05, 0) is 24.3 Å². The van der Waals surface area contributed by atoms with Crippen LogP contribution in [0.3, 0.4) is 0 Å². The highest BCUT2D eigenvalue weighted by molar-refractivity contribution is 7.66. The zero-order valence-electron chi connectivity index (χ0n) is 9.95. The Hall–Kier alpha value is -1.86. The molecule has 0 bridgehead atoms. The van der Waals surface area contributed by atoms with Gasteiger partial charge in [0.25, 0.3) is 7.37 Å². The van der Waals surface area contributed by atoms with E-state index in [0.717, 1.165) is 0 Å². The lowest BCUT2D eigenvalue weighted by Crippen LogP contribution is -2.11. The second-order valence-corrected chi connectivity index (χ2v) is 6.32. The van der Waals surface area contributed by atoms with Gasteiger partial charge >= 0.3 is 5.97 Å². The monoisotopic (exact) mass is 260 g/mol. The molecule has 0 fully saturated rings. The van der Waals surface area contributed by atoms with Gasteiger partial charge in [0.1, 0.15) is 0 Å². The Morgan fingerprint density at radius 3 is 2.00 bits per heavy atom. The summed E-state index contributed by atoms with van der Waals surface area (Å²) in [4.78, 5) is 11.8. The molecule has 0 heterocycles. The standard InChI is InChI=1S/C14H13O3P/c1-18(16,13-10-6-3-7-11-13)17-14(15)12-8-4-2-5-9-12/h2-11H,1H3. The molecule has 0 aromatic heterocycles. The van der Waals surface area contributed by atoms with E-state index < -0.39 is 13.3 Å². The van der Waals surface area contributed by atoms with E-state index in [1.807, 2.05) is 6.07 Å². The van der Waals surface area contributed by atoms with Crippen molar-refractivity contribution in [3.8, 4) is 0 Å². The summed E-state index contributed by atoms with van der Waals surface area (Å²) < 4.78 is 17.5. The number of carbonyl (C=O) groups is 1. The summed E-state index contributed by atoms with van der Waals surface area (Å²) in [6.45, 7) is 1.45. The molecular formula is C14H13O3P. The van der Waals surface area contributed by atoms with Gasteiger partial charge in [-0.3, -0.25) is 4.57 Å². The first kappa shape index (κ1) is 12.6. The van der Waals surface area contributed by atoms with Gasteiger partial charge in [-0.25, -0.2) is 4.79 Å². The molecule has 2 rings (SSSR count). The van der Waals surface area contributed by atoms with E-state index in [4.69, 9.17) is 4.52 Å². The summed E-state index contributed by atoms with van der Waals surface area (Å²) in [6.07, 6.45) is 0. The van der Waals surface area contributed by atoms with Crippen LogP contribution >= 0.6 is 7.37 Å². The third-order valence-electron chi connectivity index (χ3n) is 2.49. The first-order valence-electron chi connectivity index (χ1n) is 5.52. The smallest absolute Gasteiger partial charge is 0.343 e. The van der Waals surface area contributed by atoms with Crippen LogP contribution in [0.4, 0.5) is 0 Å². The Morgan fingerprint density at radius 2 is 1.44 bits per heavy atom. The molecule has 18 heavy (non-hydrogen) atoms. The highest BCUT2D eigenvalue weighted by Gasteiger charge is 2.23. The minimum absolute atomic E-state index is 0.399. The maximum Gasteiger partial charge on any atom is 0.343 e. The Morgan fingerprint density at radius 1 is 0.944 bits per heavy atom. The fourth-order valence-corrected chi connectivity index (χ4v) is 2.78. The highest BCUT2D eigenvalue weighted by atomic mass is 31.2. The molecule has 1 unspecified atom stereocenters. The lowest BCUT2D eigenvalue weighted by atomic mass is 10.2. The average molecular weight is 260 g/mol. The Bertz CT molecular complexity index is 579. The quantitative estimate of drug-likeness (QED) is 0.796. The van der Waals surface area contributed by atoms with Crippen LogP contribution in [0.5, 0.6) is 0 Å². The van der Waals surface area contributed by atoms with Crippen LogP contribution in [0.1, 0.15) is 10.4 Å². The van der Waals surface area contributed by atoms with Crippen LogP contribution in [-0.4, -0.2) is 12.6 Å². The molecule has 92 valence electrons. The lowest BCUT2D eigenvalue weighted by molar-refractivity contribution is 0.0745. The number of carbonyl (C=O) groups excluding carboxylic acids is 1.